The first-order chi connectivity index (χ1) is 10.0. The minimum atomic E-state index is -1.04. The normalized spacial score (nSPS) is 11.4. The molecule has 0 aromatic heterocycles. The third kappa shape index (κ3) is 3.07. The Hall–Kier alpha value is -2.71. The van der Waals surface area contributed by atoms with Crippen molar-refractivity contribution in [2.24, 2.45) is 0 Å². The summed E-state index contributed by atoms with van der Waals surface area (Å²) in [6.07, 6.45) is 0. The summed E-state index contributed by atoms with van der Waals surface area (Å²) in [5.41, 5.74) is 0.537. The van der Waals surface area contributed by atoms with Crippen LogP contribution in [-0.4, -0.2) is 10.7 Å². The monoisotopic (exact) mass is 300 g/mol. The van der Waals surface area contributed by atoms with E-state index in [0.717, 1.165) is 0 Å². The number of non-ortho nitro benzene ring substituents is 1. The molecule has 5 nitrogen and oxygen atoms in total. The number of nitro groups is 1. The van der Waals surface area contributed by atoms with Gasteiger partial charge in [-0.2, -0.15) is 5.26 Å². The molecule has 0 aliphatic heterocycles. The zero-order valence-corrected chi connectivity index (χ0v) is 11.4. The van der Waals surface area contributed by atoms with Gasteiger partial charge in [-0.05, 0) is 23.8 Å². The van der Waals surface area contributed by atoms with Crippen molar-refractivity contribution in [2.75, 3.05) is 0 Å². The van der Waals surface area contributed by atoms with E-state index in [1.165, 1.54) is 24.3 Å². The van der Waals surface area contributed by atoms with Gasteiger partial charge in [-0.3, -0.25) is 14.9 Å². The molecule has 0 N–H and O–H groups in total. The van der Waals surface area contributed by atoms with E-state index in [9.17, 15) is 20.2 Å². The van der Waals surface area contributed by atoms with Gasteiger partial charge in [-0.15, -0.1) is 0 Å². The minimum Gasteiger partial charge on any atom is -0.292 e. The number of nitriles is 1. The SMILES string of the molecule is N#CC(C(=O)c1ccc([N+](=O)[O-])cc1)c1ccccc1Cl. The average molecular weight is 301 g/mol. The van der Waals surface area contributed by atoms with Crippen molar-refractivity contribution < 1.29 is 9.72 Å². The van der Waals surface area contributed by atoms with Crippen LogP contribution in [0.1, 0.15) is 21.8 Å². The van der Waals surface area contributed by atoms with E-state index >= 15 is 0 Å². The van der Waals surface area contributed by atoms with Crippen LogP contribution in [0.15, 0.2) is 48.5 Å². The number of carbonyl (C=O) groups excluding carboxylic acids is 1. The van der Waals surface area contributed by atoms with Crippen molar-refractivity contribution >= 4 is 23.1 Å². The summed E-state index contributed by atoms with van der Waals surface area (Å²) < 4.78 is 0. The lowest BCUT2D eigenvalue weighted by Crippen LogP contribution is -2.11. The van der Waals surface area contributed by atoms with Crippen molar-refractivity contribution in [3.05, 3.63) is 74.8 Å². The maximum atomic E-state index is 12.4. The summed E-state index contributed by atoms with van der Waals surface area (Å²) in [6.45, 7) is 0. The van der Waals surface area contributed by atoms with Gasteiger partial charge in [-0.1, -0.05) is 29.8 Å². The second-order valence-corrected chi connectivity index (χ2v) is 4.66. The van der Waals surface area contributed by atoms with Gasteiger partial charge in [-0.25, -0.2) is 0 Å². The second kappa shape index (κ2) is 6.16. The molecule has 6 heteroatoms. The zero-order valence-electron chi connectivity index (χ0n) is 10.7. The van der Waals surface area contributed by atoms with E-state index < -0.39 is 16.6 Å². The first kappa shape index (κ1) is 14.7. The standard InChI is InChI=1S/C15H9ClN2O3/c16-14-4-2-1-3-12(14)13(9-17)15(19)10-5-7-11(8-6-10)18(20)21/h1-8,13H. The Morgan fingerprint density at radius 1 is 1.19 bits per heavy atom. The summed E-state index contributed by atoms with van der Waals surface area (Å²) in [7, 11) is 0. The van der Waals surface area contributed by atoms with Gasteiger partial charge in [0.05, 0.1) is 11.0 Å². The van der Waals surface area contributed by atoms with Crippen LogP contribution < -0.4 is 0 Å². The number of hydrogen-bond acceptors (Lipinski definition) is 4. The third-order valence-electron chi connectivity index (χ3n) is 2.97. The fraction of sp³-hybridized carbons (Fsp3) is 0.0667. The molecule has 0 amide bonds. The quantitative estimate of drug-likeness (QED) is 0.489. The summed E-state index contributed by atoms with van der Waals surface area (Å²) in [4.78, 5) is 22.4. The molecular formula is C15H9ClN2O3. The lowest BCUT2D eigenvalue weighted by molar-refractivity contribution is -0.384. The van der Waals surface area contributed by atoms with Crippen molar-refractivity contribution in [2.45, 2.75) is 5.92 Å². The number of carbonyl (C=O) groups is 1. The van der Waals surface area contributed by atoms with E-state index in [0.29, 0.717) is 10.6 Å². The number of benzene rings is 2. The van der Waals surface area contributed by atoms with Crippen LogP contribution in [0.5, 0.6) is 0 Å². The number of nitro benzene ring substituents is 1. The fourth-order valence-corrected chi connectivity index (χ4v) is 2.14. The molecule has 0 saturated heterocycles. The van der Waals surface area contributed by atoms with E-state index in [-0.39, 0.29) is 11.3 Å². The van der Waals surface area contributed by atoms with E-state index in [1.54, 1.807) is 24.3 Å². The van der Waals surface area contributed by atoms with Crippen molar-refractivity contribution in [3.8, 4) is 6.07 Å². The molecule has 0 bridgehead atoms. The number of nitrogens with zero attached hydrogens (tertiary/aromatic N) is 2. The van der Waals surface area contributed by atoms with Gasteiger partial charge in [0.2, 0.25) is 0 Å². The number of Topliss-reactive ketones (excluding diaryl/α,β-unsaturated/α-hetero) is 1. The van der Waals surface area contributed by atoms with Gasteiger partial charge < -0.3 is 0 Å². The van der Waals surface area contributed by atoms with Gasteiger partial charge in [0.25, 0.3) is 5.69 Å². The molecule has 2 aromatic carbocycles. The Balaban J connectivity index is 2.35. The Kier molecular flexibility index (Phi) is 4.31. The first-order valence-electron chi connectivity index (χ1n) is 5.97. The molecule has 21 heavy (non-hydrogen) atoms. The fourth-order valence-electron chi connectivity index (χ4n) is 1.89. The average Bonchev–Trinajstić information content (AvgIpc) is 2.50. The number of rotatable bonds is 4. The zero-order chi connectivity index (χ0) is 15.4. The highest BCUT2D eigenvalue weighted by Crippen LogP contribution is 2.27. The van der Waals surface area contributed by atoms with Gasteiger partial charge in [0, 0.05) is 22.7 Å². The van der Waals surface area contributed by atoms with E-state index in [1.807, 2.05) is 6.07 Å². The topological polar surface area (TPSA) is 84.0 Å². The van der Waals surface area contributed by atoms with Crippen molar-refractivity contribution in [3.63, 3.8) is 0 Å². The molecule has 2 aromatic rings. The third-order valence-corrected chi connectivity index (χ3v) is 3.31. The van der Waals surface area contributed by atoms with E-state index in [4.69, 9.17) is 11.6 Å². The number of ketones is 1. The van der Waals surface area contributed by atoms with Crippen LogP contribution in [0.25, 0.3) is 0 Å². The number of halogens is 1. The molecule has 0 heterocycles. The van der Waals surface area contributed by atoms with E-state index in [2.05, 4.69) is 0 Å². The predicted octanol–water partition coefficient (Wildman–Crippen LogP) is 3.74. The second-order valence-electron chi connectivity index (χ2n) is 4.25. The molecule has 0 radical (unpaired) electrons. The number of hydrogen-bond donors (Lipinski definition) is 0. The molecule has 104 valence electrons. The maximum Gasteiger partial charge on any atom is 0.269 e. The van der Waals surface area contributed by atoms with Gasteiger partial charge >= 0.3 is 0 Å². The van der Waals surface area contributed by atoms with Crippen LogP contribution in [0.3, 0.4) is 0 Å². The van der Waals surface area contributed by atoms with Gasteiger partial charge in [0.15, 0.2) is 5.78 Å². The molecule has 1 atom stereocenters. The Morgan fingerprint density at radius 2 is 1.81 bits per heavy atom. The summed E-state index contributed by atoms with van der Waals surface area (Å²) in [6, 6.07) is 13.7. The lowest BCUT2D eigenvalue weighted by Gasteiger charge is -2.10. The molecule has 0 fully saturated rings. The largest absolute Gasteiger partial charge is 0.292 e. The molecule has 0 aliphatic carbocycles. The van der Waals surface area contributed by atoms with Crippen LogP contribution in [0.4, 0.5) is 5.69 Å². The van der Waals surface area contributed by atoms with Crippen molar-refractivity contribution in [1.29, 1.82) is 5.26 Å². The predicted molar refractivity (Wildman–Crippen MR) is 77.2 cm³/mol. The molecule has 0 spiro atoms. The van der Waals surface area contributed by atoms with Crippen LogP contribution >= 0.6 is 11.6 Å². The lowest BCUT2D eigenvalue weighted by atomic mass is 9.92. The highest BCUT2D eigenvalue weighted by molar-refractivity contribution is 6.31. The summed E-state index contributed by atoms with van der Waals surface area (Å²) in [5.74, 6) is -1.49. The maximum absolute atomic E-state index is 12.4. The van der Waals surface area contributed by atoms with Crippen LogP contribution in [0, 0.1) is 21.4 Å². The molecule has 0 aliphatic rings. The Morgan fingerprint density at radius 3 is 2.33 bits per heavy atom. The Labute approximate surface area is 125 Å². The first-order valence-corrected chi connectivity index (χ1v) is 6.35. The van der Waals surface area contributed by atoms with Crippen LogP contribution in [-0.2, 0) is 0 Å². The molecule has 2 rings (SSSR count). The van der Waals surface area contributed by atoms with Crippen molar-refractivity contribution in [1.82, 2.24) is 0 Å². The minimum absolute atomic E-state index is 0.113. The summed E-state index contributed by atoms with van der Waals surface area (Å²) in [5, 5.41) is 20.2. The van der Waals surface area contributed by atoms with Gasteiger partial charge in [0.1, 0.15) is 5.92 Å². The van der Waals surface area contributed by atoms with Crippen LogP contribution in [0.2, 0.25) is 5.02 Å². The molecule has 1 unspecified atom stereocenters. The summed E-state index contributed by atoms with van der Waals surface area (Å²) >= 11 is 6.00. The Bertz CT molecular complexity index is 735. The molecular weight excluding hydrogens is 292 g/mol. The smallest absolute Gasteiger partial charge is 0.269 e. The highest BCUT2D eigenvalue weighted by atomic mass is 35.5. The highest BCUT2D eigenvalue weighted by Gasteiger charge is 2.24. The molecule has 0 saturated carbocycles.